The molecule has 0 saturated heterocycles. The lowest BCUT2D eigenvalue weighted by Gasteiger charge is -2.11. The van der Waals surface area contributed by atoms with E-state index in [1.165, 1.54) is 19.3 Å². The highest BCUT2D eigenvalue weighted by Gasteiger charge is 2.65. The first-order valence-corrected chi connectivity index (χ1v) is 8.28. The monoisotopic (exact) mass is 285 g/mol. The van der Waals surface area contributed by atoms with Crippen LogP contribution in [-0.2, 0) is 0 Å². The summed E-state index contributed by atoms with van der Waals surface area (Å²) in [7, 11) is 0. The number of aromatic nitrogens is 1. The van der Waals surface area contributed by atoms with Crippen molar-refractivity contribution in [3.63, 3.8) is 0 Å². The molecule has 0 aliphatic heterocycles. The largest absolute Gasteiger partial charge is 0.370 e. The summed E-state index contributed by atoms with van der Waals surface area (Å²) in [5.74, 6) is 4.21. The standard InChI is InChI=1S/C17H23N3O/c1-2-6-18-13-9-12(5-7-19-13)17(21)20-16-14-10-3-4-11(8-10)15(14)16/h5,7,9-11,14-16H,2-4,6,8H2,1H3,(H,18,19)(H,20,21). The van der Waals surface area contributed by atoms with Crippen LogP contribution in [0, 0.1) is 23.7 Å². The van der Waals surface area contributed by atoms with E-state index < -0.39 is 0 Å². The molecule has 4 heteroatoms. The van der Waals surface area contributed by atoms with Crippen molar-refractivity contribution in [3.8, 4) is 0 Å². The maximum Gasteiger partial charge on any atom is 0.251 e. The summed E-state index contributed by atoms with van der Waals surface area (Å²) < 4.78 is 0. The van der Waals surface area contributed by atoms with Gasteiger partial charge in [-0.15, -0.1) is 0 Å². The van der Waals surface area contributed by atoms with Crippen molar-refractivity contribution < 1.29 is 4.79 Å². The molecule has 4 atom stereocenters. The fraction of sp³-hybridized carbons (Fsp3) is 0.647. The van der Waals surface area contributed by atoms with Crippen molar-refractivity contribution in [3.05, 3.63) is 23.9 Å². The quantitative estimate of drug-likeness (QED) is 0.874. The highest BCUT2D eigenvalue weighted by molar-refractivity contribution is 5.95. The summed E-state index contributed by atoms with van der Waals surface area (Å²) in [4.78, 5) is 16.7. The van der Waals surface area contributed by atoms with Crippen molar-refractivity contribution in [2.24, 2.45) is 23.7 Å². The van der Waals surface area contributed by atoms with Crippen molar-refractivity contribution in [1.29, 1.82) is 0 Å². The predicted octanol–water partition coefficient (Wildman–Crippen LogP) is 2.68. The van der Waals surface area contributed by atoms with Gasteiger partial charge in [-0.05, 0) is 61.5 Å². The molecule has 3 aliphatic carbocycles. The van der Waals surface area contributed by atoms with Crippen LogP contribution < -0.4 is 10.6 Å². The molecule has 4 rings (SSSR count). The Bertz CT molecular complexity index is 543. The van der Waals surface area contributed by atoms with Gasteiger partial charge in [-0.3, -0.25) is 4.79 Å². The molecule has 2 bridgehead atoms. The molecule has 112 valence electrons. The summed E-state index contributed by atoms with van der Waals surface area (Å²) in [6, 6.07) is 4.11. The lowest BCUT2D eigenvalue weighted by atomic mass is 10.0. The molecule has 3 aliphatic rings. The zero-order valence-electron chi connectivity index (χ0n) is 12.5. The second-order valence-electron chi connectivity index (χ2n) is 6.84. The van der Waals surface area contributed by atoms with Crippen LogP contribution in [0.4, 0.5) is 5.82 Å². The summed E-state index contributed by atoms with van der Waals surface area (Å²) in [6.45, 7) is 3.00. The Morgan fingerprint density at radius 2 is 2.10 bits per heavy atom. The third-order valence-electron chi connectivity index (χ3n) is 5.61. The molecule has 0 aromatic carbocycles. The summed E-state index contributed by atoms with van der Waals surface area (Å²) in [5.41, 5.74) is 0.723. The normalized spacial score (nSPS) is 35.4. The molecule has 3 fully saturated rings. The number of nitrogens with zero attached hydrogens (tertiary/aromatic N) is 1. The number of pyridine rings is 1. The van der Waals surface area contributed by atoms with Gasteiger partial charge in [-0.25, -0.2) is 4.98 Å². The molecule has 1 aromatic rings. The number of amides is 1. The van der Waals surface area contributed by atoms with Gasteiger partial charge in [0.2, 0.25) is 0 Å². The van der Waals surface area contributed by atoms with Gasteiger partial charge in [-0.2, -0.15) is 0 Å². The Hall–Kier alpha value is -1.58. The average Bonchev–Trinajstić information content (AvgIpc) is 2.90. The molecule has 21 heavy (non-hydrogen) atoms. The van der Waals surface area contributed by atoms with E-state index in [1.54, 1.807) is 12.3 Å². The Morgan fingerprint density at radius 3 is 2.81 bits per heavy atom. The fourth-order valence-corrected chi connectivity index (χ4v) is 4.67. The highest BCUT2D eigenvalue weighted by atomic mass is 16.1. The number of hydrogen-bond acceptors (Lipinski definition) is 3. The number of carbonyl (C=O) groups is 1. The van der Waals surface area contributed by atoms with E-state index >= 15 is 0 Å². The van der Waals surface area contributed by atoms with E-state index in [0.29, 0.717) is 6.04 Å². The molecule has 1 aromatic heterocycles. The minimum atomic E-state index is 0.0655. The van der Waals surface area contributed by atoms with Crippen molar-refractivity contribution in [2.75, 3.05) is 11.9 Å². The van der Waals surface area contributed by atoms with Gasteiger partial charge in [0.25, 0.3) is 5.91 Å². The molecule has 1 amide bonds. The maximum atomic E-state index is 12.4. The van der Waals surface area contributed by atoms with Gasteiger partial charge in [0.15, 0.2) is 0 Å². The number of hydrogen-bond donors (Lipinski definition) is 2. The van der Waals surface area contributed by atoms with Gasteiger partial charge in [0, 0.05) is 24.3 Å². The van der Waals surface area contributed by atoms with Gasteiger partial charge >= 0.3 is 0 Å². The van der Waals surface area contributed by atoms with Crippen LogP contribution in [0.15, 0.2) is 18.3 Å². The molecule has 2 N–H and O–H groups in total. The molecule has 1 heterocycles. The third-order valence-corrected chi connectivity index (χ3v) is 5.61. The highest BCUT2D eigenvalue weighted by Crippen LogP contribution is 2.65. The van der Waals surface area contributed by atoms with E-state index in [1.807, 2.05) is 6.07 Å². The van der Waals surface area contributed by atoms with Crippen LogP contribution in [0.25, 0.3) is 0 Å². The van der Waals surface area contributed by atoms with Crippen LogP contribution in [0.2, 0.25) is 0 Å². The molecular formula is C17H23N3O. The van der Waals surface area contributed by atoms with Crippen molar-refractivity contribution in [2.45, 2.75) is 38.6 Å². The summed E-state index contributed by atoms with van der Waals surface area (Å²) >= 11 is 0. The van der Waals surface area contributed by atoms with E-state index in [4.69, 9.17) is 0 Å². The Balaban J connectivity index is 1.39. The molecule has 0 radical (unpaired) electrons. The van der Waals surface area contributed by atoms with Gasteiger partial charge < -0.3 is 10.6 Å². The number of anilines is 1. The lowest BCUT2D eigenvalue weighted by molar-refractivity contribution is 0.0944. The molecule has 4 nitrogen and oxygen atoms in total. The average molecular weight is 285 g/mol. The Labute approximate surface area is 125 Å². The molecule has 3 saturated carbocycles. The van der Waals surface area contributed by atoms with E-state index in [2.05, 4.69) is 22.5 Å². The van der Waals surface area contributed by atoms with Crippen LogP contribution in [0.1, 0.15) is 43.0 Å². The topological polar surface area (TPSA) is 54.0 Å². The number of nitrogens with one attached hydrogen (secondary N) is 2. The van der Waals surface area contributed by atoms with Crippen LogP contribution in [-0.4, -0.2) is 23.5 Å². The van der Waals surface area contributed by atoms with Gasteiger partial charge in [-0.1, -0.05) is 6.92 Å². The van der Waals surface area contributed by atoms with E-state index in [9.17, 15) is 4.79 Å². The van der Waals surface area contributed by atoms with Crippen LogP contribution in [0.3, 0.4) is 0 Å². The van der Waals surface area contributed by atoms with Crippen molar-refractivity contribution in [1.82, 2.24) is 10.3 Å². The zero-order chi connectivity index (χ0) is 14.4. The second-order valence-corrected chi connectivity index (χ2v) is 6.84. The SMILES string of the molecule is CCCNc1cc(C(=O)NC2C3C4CCC(C4)C23)ccn1. The van der Waals surface area contributed by atoms with Crippen LogP contribution in [0.5, 0.6) is 0 Å². The minimum absolute atomic E-state index is 0.0655. The second kappa shape index (κ2) is 5.00. The number of fused-ring (bicyclic) bond motifs is 5. The molecule has 0 spiro atoms. The lowest BCUT2D eigenvalue weighted by Crippen LogP contribution is -2.30. The van der Waals surface area contributed by atoms with Gasteiger partial charge in [0.05, 0.1) is 0 Å². The predicted molar refractivity (Wildman–Crippen MR) is 82.1 cm³/mol. The van der Waals surface area contributed by atoms with Crippen LogP contribution >= 0.6 is 0 Å². The first-order valence-electron chi connectivity index (χ1n) is 8.28. The summed E-state index contributed by atoms with van der Waals surface area (Å²) in [5, 5.41) is 6.49. The third kappa shape index (κ3) is 2.21. The molecule has 4 unspecified atom stereocenters. The number of rotatable bonds is 5. The maximum absolute atomic E-state index is 12.4. The first-order chi connectivity index (χ1) is 10.3. The van der Waals surface area contributed by atoms with Gasteiger partial charge in [0.1, 0.15) is 5.82 Å². The molecular weight excluding hydrogens is 262 g/mol. The number of carbonyl (C=O) groups excluding carboxylic acids is 1. The minimum Gasteiger partial charge on any atom is -0.370 e. The Kier molecular flexibility index (Phi) is 3.12. The Morgan fingerprint density at radius 1 is 1.33 bits per heavy atom. The first kappa shape index (κ1) is 13.1. The smallest absolute Gasteiger partial charge is 0.251 e. The van der Waals surface area contributed by atoms with E-state index in [0.717, 1.165) is 48.0 Å². The fourth-order valence-electron chi connectivity index (χ4n) is 4.67. The van der Waals surface area contributed by atoms with E-state index in [-0.39, 0.29) is 5.91 Å². The summed E-state index contributed by atoms with van der Waals surface area (Å²) in [6.07, 6.45) is 6.95. The zero-order valence-corrected chi connectivity index (χ0v) is 12.5. The van der Waals surface area contributed by atoms with Crippen molar-refractivity contribution >= 4 is 11.7 Å².